The van der Waals surface area contributed by atoms with Gasteiger partial charge in [0.15, 0.2) is 0 Å². The number of rotatable bonds is 4. The Kier molecular flexibility index (Phi) is 5.38. The molecule has 1 unspecified atom stereocenters. The third-order valence-electron chi connectivity index (χ3n) is 4.96. The number of carbonyl (C=O) groups is 1. The number of nitriles is 1. The highest BCUT2D eigenvalue weighted by Crippen LogP contribution is 2.22. The van der Waals surface area contributed by atoms with Crippen LogP contribution in [0.3, 0.4) is 0 Å². The third-order valence-corrected chi connectivity index (χ3v) is 4.96. The zero-order valence-corrected chi connectivity index (χ0v) is 16.1. The van der Waals surface area contributed by atoms with Crippen molar-refractivity contribution in [3.05, 3.63) is 77.1 Å². The summed E-state index contributed by atoms with van der Waals surface area (Å²) in [5.74, 6) is -0.217. The first-order valence-electron chi connectivity index (χ1n) is 9.44. The third kappa shape index (κ3) is 4.04. The molecule has 2 aromatic carbocycles. The standard InChI is InChI=1S/C22H21N5O2/c1-15-20(13-25-27(15)19-8-2-16(12-23)3-9-19)22(28)26-18-6-4-17(5-7-18)21-14-24-10-11-29-21/h2-9,13,21,24H,10-11,14H2,1H3,(H,26,28). The van der Waals surface area contributed by atoms with Gasteiger partial charge in [0.2, 0.25) is 0 Å². The fourth-order valence-electron chi connectivity index (χ4n) is 3.33. The van der Waals surface area contributed by atoms with E-state index >= 15 is 0 Å². The van der Waals surface area contributed by atoms with Gasteiger partial charge in [-0.05, 0) is 48.9 Å². The molecule has 1 fully saturated rings. The van der Waals surface area contributed by atoms with Gasteiger partial charge < -0.3 is 15.4 Å². The summed E-state index contributed by atoms with van der Waals surface area (Å²) in [6.45, 7) is 4.21. The summed E-state index contributed by atoms with van der Waals surface area (Å²) in [5.41, 5.74) is 4.40. The van der Waals surface area contributed by atoms with Crippen molar-refractivity contribution in [3.8, 4) is 11.8 Å². The van der Waals surface area contributed by atoms with E-state index in [2.05, 4.69) is 21.8 Å². The molecule has 0 spiro atoms. The van der Waals surface area contributed by atoms with Crippen LogP contribution >= 0.6 is 0 Å². The second-order valence-electron chi connectivity index (χ2n) is 6.85. The molecule has 2 N–H and O–H groups in total. The maximum Gasteiger partial charge on any atom is 0.259 e. The number of amides is 1. The minimum absolute atomic E-state index is 0.0430. The van der Waals surface area contributed by atoms with E-state index in [9.17, 15) is 4.79 Å². The van der Waals surface area contributed by atoms with Crippen LogP contribution in [0.15, 0.2) is 54.7 Å². The number of morpholine rings is 1. The highest BCUT2D eigenvalue weighted by Gasteiger charge is 2.17. The summed E-state index contributed by atoms with van der Waals surface area (Å²) >= 11 is 0. The smallest absolute Gasteiger partial charge is 0.259 e. The van der Waals surface area contributed by atoms with Gasteiger partial charge in [-0.3, -0.25) is 4.79 Å². The molecule has 0 radical (unpaired) electrons. The van der Waals surface area contributed by atoms with Crippen LogP contribution < -0.4 is 10.6 Å². The van der Waals surface area contributed by atoms with E-state index in [0.717, 1.165) is 30.0 Å². The fourth-order valence-corrected chi connectivity index (χ4v) is 3.33. The van der Waals surface area contributed by atoms with E-state index in [1.54, 1.807) is 35.1 Å². The van der Waals surface area contributed by atoms with Crippen molar-refractivity contribution >= 4 is 11.6 Å². The molecule has 1 saturated heterocycles. The molecular weight excluding hydrogens is 366 g/mol. The van der Waals surface area contributed by atoms with Gasteiger partial charge in [-0.2, -0.15) is 10.4 Å². The molecule has 4 rings (SSSR count). The van der Waals surface area contributed by atoms with E-state index in [4.69, 9.17) is 10.00 Å². The van der Waals surface area contributed by atoms with Gasteiger partial charge in [-0.15, -0.1) is 0 Å². The molecule has 1 aromatic heterocycles. The Morgan fingerprint density at radius 2 is 2.00 bits per heavy atom. The first-order valence-corrected chi connectivity index (χ1v) is 9.44. The summed E-state index contributed by atoms with van der Waals surface area (Å²) in [7, 11) is 0. The second-order valence-corrected chi connectivity index (χ2v) is 6.85. The van der Waals surface area contributed by atoms with E-state index in [1.807, 2.05) is 31.2 Å². The normalized spacial score (nSPS) is 16.2. The van der Waals surface area contributed by atoms with E-state index in [1.165, 1.54) is 0 Å². The maximum atomic E-state index is 12.7. The molecule has 2 heterocycles. The lowest BCUT2D eigenvalue weighted by Gasteiger charge is -2.24. The Morgan fingerprint density at radius 1 is 1.24 bits per heavy atom. The molecular formula is C22H21N5O2. The van der Waals surface area contributed by atoms with Crippen LogP contribution in [0.5, 0.6) is 0 Å². The molecule has 146 valence electrons. The van der Waals surface area contributed by atoms with E-state index in [-0.39, 0.29) is 12.0 Å². The van der Waals surface area contributed by atoms with Gasteiger partial charge in [0.25, 0.3) is 5.91 Å². The Balaban J connectivity index is 1.47. The minimum Gasteiger partial charge on any atom is -0.371 e. The molecule has 7 heteroatoms. The number of anilines is 1. The van der Waals surface area contributed by atoms with Crippen molar-refractivity contribution in [1.29, 1.82) is 5.26 Å². The van der Waals surface area contributed by atoms with Crippen LogP contribution in [0.1, 0.15) is 33.3 Å². The summed E-state index contributed by atoms with van der Waals surface area (Å²) < 4.78 is 7.44. The largest absolute Gasteiger partial charge is 0.371 e. The van der Waals surface area contributed by atoms with Gasteiger partial charge >= 0.3 is 0 Å². The van der Waals surface area contributed by atoms with Gasteiger partial charge in [0.05, 0.1) is 47.5 Å². The summed E-state index contributed by atoms with van der Waals surface area (Å²) in [6, 6.07) is 16.9. The quantitative estimate of drug-likeness (QED) is 0.718. The van der Waals surface area contributed by atoms with Crippen LogP contribution in [0.25, 0.3) is 5.69 Å². The number of carbonyl (C=O) groups excluding carboxylic acids is 1. The first-order chi connectivity index (χ1) is 14.2. The predicted octanol–water partition coefficient (Wildman–Crippen LogP) is 2.97. The average molecular weight is 387 g/mol. The first kappa shape index (κ1) is 18.9. The molecule has 7 nitrogen and oxygen atoms in total. The molecule has 3 aromatic rings. The van der Waals surface area contributed by atoms with Gasteiger partial charge in [0.1, 0.15) is 0 Å². The number of hydrogen-bond acceptors (Lipinski definition) is 5. The molecule has 1 atom stereocenters. The van der Waals surface area contributed by atoms with Crippen molar-refractivity contribution in [3.63, 3.8) is 0 Å². The zero-order valence-electron chi connectivity index (χ0n) is 16.1. The van der Waals surface area contributed by atoms with Crippen LogP contribution in [-0.2, 0) is 4.74 Å². The zero-order chi connectivity index (χ0) is 20.2. The van der Waals surface area contributed by atoms with E-state index in [0.29, 0.717) is 23.4 Å². The van der Waals surface area contributed by atoms with Crippen LogP contribution in [0, 0.1) is 18.3 Å². The average Bonchev–Trinajstić information content (AvgIpc) is 3.16. The van der Waals surface area contributed by atoms with Crippen molar-refractivity contribution < 1.29 is 9.53 Å². The van der Waals surface area contributed by atoms with Crippen LogP contribution in [0.2, 0.25) is 0 Å². The Hall–Kier alpha value is -3.47. The fraction of sp³-hybridized carbons (Fsp3) is 0.227. The lowest BCUT2D eigenvalue weighted by Crippen LogP contribution is -2.33. The molecule has 1 aliphatic heterocycles. The second kappa shape index (κ2) is 8.27. The molecule has 29 heavy (non-hydrogen) atoms. The number of nitrogens with zero attached hydrogens (tertiary/aromatic N) is 3. The van der Waals surface area contributed by atoms with Crippen molar-refractivity contribution in [2.45, 2.75) is 13.0 Å². The summed E-state index contributed by atoms with van der Waals surface area (Å²) in [5, 5.41) is 19.5. The van der Waals surface area contributed by atoms with E-state index < -0.39 is 0 Å². The van der Waals surface area contributed by atoms with Gasteiger partial charge in [-0.25, -0.2) is 4.68 Å². The summed E-state index contributed by atoms with van der Waals surface area (Å²) in [4.78, 5) is 12.7. The number of nitrogens with one attached hydrogen (secondary N) is 2. The van der Waals surface area contributed by atoms with Crippen molar-refractivity contribution in [2.75, 3.05) is 25.0 Å². The number of aromatic nitrogens is 2. The lowest BCUT2D eigenvalue weighted by atomic mass is 10.1. The maximum absolute atomic E-state index is 12.7. The number of benzene rings is 2. The Labute approximate surface area is 168 Å². The van der Waals surface area contributed by atoms with Gasteiger partial charge in [0, 0.05) is 18.8 Å². The molecule has 1 amide bonds. The van der Waals surface area contributed by atoms with Crippen LogP contribution in [0.4, 0.5) is 5.69 Å². The topological polar surface area (TPSA) is 92.0 Å². The predicted molar refractivity (Wildman–Crippen MR) is 109 cm³/mol. The lowest BCUT2D eigenvalue weighted by molar-refractivity contribution is 0.0277. The Morgan fingerprint density at radius 3 is 2.66 bits per heavy atom. The number of hydrogen-bond donors (Lipinski definition) is 2. The number of ether oxygens (including phenoxy) is 1. The minimum atomic E-state index is -0.217. The monoisotopic (exact) mass is 387 g/mol. The SMILES string of the molecule is Cc1c(C(=O)Nc2ccc(C3CNCCO3)cc2)cnn1-c1ccc(C#N)cc1. The highest BCUT2D eigenvalue weighted by atomic mass is 16.5. The molecule has 0 aliphatic carbocycles. The molecule has 0 bridgehead atoms. The van der Waals surface area contributed by atoms with Gasteiger partial charge in [-0.1, -0.05) is 12.1 Å². The van der Waals surface area contributed by atoms with Crippen molar-refractivity contribution in [1.82, 2.24) is 15.1 Å². The molecule has 0 saturated carbocycles. The highest BCUT2D eigenvalue weighted by molar-refractivity contribution is 6.05. The van der Waals surface area contributed by atoms with Crippen molar-refractivity contribution in [2.24, 2.45) is 0 Å². The Bertz CT molecular complexity index is 1040. The summed E-state index contributed by atoms with van der Waals surface area (Å²) in [6.07, 6.45) is 1.60. The van der Waals surface area contributed by atoms with Crippen LogP contribution in [-0.4, -0.2) is 35.4 Å². The molecule has 1 aliphatic rings.